The molecule has 1 aliphatic rings. The SMILES string of the molecule is CCc1ccc(C(=O)N2CCc3ccccc3[C@H]2c2ccccc2Cl)cc1. The first-order valence-corrected chi connectivity index (χ1v) is 9.79. The highest BCUT2D eigenvalue weighted by Crippen LogP contribution is 2.38. The minimum Gasteiger partial charge on any atom is -0.327 e. The van der Waals surface area contributed by atoms with Crippen molar-refractivity contribution in [3.63, 3.8) is 0 Å². The Morgan fingerprint density at radius 3 is 2.33 bits per heavy atom. The molecule has 0 aromatic heterocycles. The number of fused-ring (bicyclic) bond motifs is 1. The van der Waals surface area contributed by atoms with E-state index in [2.05, 4.69) is 25.1 Å². The Bertz CT molecular complexity index is 964. The monoisotopic (exact) mass is 375 g/mol. The first-order chi connectivity index (χ1) is 13.2. The maximum Gasteiger partial charge on any atom is 0.254 e. The molecule has 1 atom stereocenters. The largest absolute Gasteiger partial charge is 0.327 e. The van der Waals surface area contributed by atoms with Gasteiger partial charge in [0.25, 0.3) is 5.91 Å². The molecule has 136 valence electrons. The van der Waals surface area contributed by atoms with Crippen LogP contribution in [0.1, 0.15) is 45.6 Å². The van der Waals surface area contributed by atoms with Gasteiger partial charge in [-0.1, -0.05) is 73.1 Å². The van der Waals surface area contributed by atoms with Crippen molar-refractivity contribution in [2.45, 2.75) is 25.8 Å². The number of halogens is 1. The minimum atomic E-state index is -0.165. The molecular weight excluding hydrogens is 354 g/mol. The van der Waals surface area contributed by atoms with Gasteiger partial charge in [-0.25, -0.2) is 0 Å². The Labute approximate surface area is 165 Å². The normalized spacial score (nSPS) is 16.1. The van der Waals surface area contributed by atoms with Crippen molar-refractivity contribution in [2.75, 3.05) is 6.54 Å². The van der Waals surface area contributed by atoms with Gasteiger partial charge in [0.1, 0.15) is 0 Å². The Kier molecular flexibility index (Phi) is 5.00. The van der Waals surface area contributed by atoms with Crippen LogP contribution in [0.3, 0.4) is 0 Å². The van der Waals surface area contributed by atoms with E-state index in [0.29, 0.717) is 11.6 Å². The number of aryl methyl sites for hydroxylation is 1. The summed E-state index contributed by atoms with van der Waals surface area (Å²) in [5.74, 6) is 0.0528. The molecule has 0 N–H and O–H groups in total. The van der Waals surface area contributed by atoms with Gasteiger partial charge in [0.2, 0.25) is 0 Å². The molecule has 1 aliphatic heterocycles. The van der Waals surface area contributed by atoms with Crippen LogP contribution in [-0.2, 0) is 12.8 Å². The number of rotatable bonds is 3. The number of carbonyl (C=O) groups excluding carboxylic acids is 1. The van der Waals surface area contributed by atoms with Crippen molar-refractivity contribution >= 4 is 17.5 Å². The zero-order valence-corrected chi connectivity index (χ0v) is 16.1. The molecule has 0 aliphatic carbocycles. The summed E-state index contributed by atoms with van der Waals surface area (Å²) in [4.78, 5) is 15.3. The summed E-state index contributed by atoms with van der Waals surface area (Å²) >= 11 is 6.54. The molecule has 3 aromatic carbocycles. The van der Waals surface area contributed by atoms with Crippen LogP contribution in [0.5, 0.6) is 0 Å². The predicted molar refractivity (Wildman–Crippen MR) is 110 cm³/mol. The van der Waals surface area contributed by atoms with Crippen molar-refractivity contribution < 1.29 is 4.79 Å². The average molecular weight is 376 g/mol. The Morgan fingerprint density at radius 1 is 0.963 bits per heavy atom. The van der Waals surface area contributed by atoms with Crippen LogP contribution in [0.25, 0.3) is 0 Å². The number of nitrogens with zero attached hydrogens (tertiary/aromatic N) is 1. The van der Waals surface area contributed by atoms with Crippen molar-refractivity contribution in [1.29, 1.82) is 0 Å². The fourth-order valence-corrected chi connectivity index (χ4v) is 4.11. The van der Waals surface area contributed by atoms with E-state index in [1.165, 1.54) is 11.1 Å². The van der Waals surface area contributed by atoms with Crippen LogP contribution < -0.4 is 0 Å². The van der Waals surface area contributed by atoms with Gasteiger partial charge < -0.3 is 4.90 Å². The van der Waals surface area contributed by atoms with Gasteiger partial charge in [0.05, 0.1) is 6.04 Å². The van der Waals surface area contributed by atoms with Gasteiger partial charge in [0.15, 0.2) is 0 Å². The maximum atomic E-state index is 13.4. The van der Waals surface area contributed by atoms with E-state index in [1.807, 2.05) is 59.5 Å². The number of amides is 1. The molecule has 0 spiro atoms. The number of hydrogen-bond donors (Lipinski definition) is 0. The fraction of sp³-hybridized carbons (Fsp3) is 0.208. The van der Waals surface area contributed by atoms with Crippen molar-refractivity contribution in [3.05, 3.63) is 106 Å². The fourth-order valence-electron chi connectivity index (χ4n) is 3.87. The lowest BCUT2D eigenvalue weighted by Gasteiger charge is -2.38. The zero-order chi connectivity index (χ0) is 18.8. The van der Waals surface area contributed by atoms with Crippen LogP contribution >= 0.6 is 11.6 Å². The molecule has 0 saturated carbocycles. The Morgan fingerprint density at radius 2 is 1.63 bits per heavy atom. The van der Waals surface area contributed by atoms with Crippen molar-refractivity contribution in [2.24, 2.45) is 0 Å². The summed E-state index contributed by atoms with van der Waals surface area (Å²) in [6, 6.07) is 24.0. The van der Waals surface area contributed by atoms with Gasteiger partial charge >= 0.3 is 0 Å². The maximum absolute atomic E-state index is 13.4. The topological polar surface area (TPSA) is 20.3 Å². The lowest BCUT2D eigenvalue weighted by molar-refractivity contribution is 0.0694. The minimum absolute atomic E-state index is 0.0528. The molecule has 4 rings (SSSR count). The molecule has 27 heavy (non-hydrogen) atoms. The molecule has 2 nitrogen and oxygen atoms in total. The third-order valence-electron chi connectivity index (χ3n) is 5.35. The average Bonchev–Trinajstić information content (AvgIpc) is 2.73. The van der Waals surface area contributed by atoms with Crippen LogP contribution in [0.4, 0.5) is 0 Å². The highest BCUT2D eigenvalue weighted by molar-refractivity contribution is 6.31. The highest BCUT2D eigenvalue weighted by Gasteiger charge is 2.33. The molecule has 0 fully saturated rings. The second-order valence-electron chi connectivity index (χ2n) is 6.92. The van der Waals surface area contributed by atoms with E-state index in [9.17, 15) is 4.79 Å². The second-order valence-corrected chi connectivity index (χ2v) is 7.33. The van der Waals surface area contributed by atoms with Crippen LogP contribution in [0, 0.1) is 0 Å². The quantitative estimate of drug-likeness (QED) is 0.575. The predicted octanol–water partition coefficient (Wildman–Crippen LogP) is 5.69. The van der Waals surface area contributed by atoms with Crippen molar-refractivity contribution in [3.8, 4) is 0 Å². The molecule has 0 unspecified atom stereocenters. The number of hydrogen-bond acceptors (Lipinski definition) is 1. The van der Waals surface area contributed by atoms with Crippen LogP contribution in [0.15, 0.2) is 72.8 Å². The van der Waals surface area contributed by atoms with E-state index in [4.69, 9.17) is 11.6 Å². The molecule has 3 heteroatoms. The number of carbonyl (C=O) groups is 1. The standard InChI is InChI=1S/C24H22ClNO/c1-2-17-11-13-19(14-12-17)24(27)26-16-15-18-7-3-4-8-20(18)23(26)21-9-5-6-10-22(21)25/h3-14,23H,2,15-16H2,1H3/t23-/m0/s1. The van der Waals surface area contributed by atoms with Crippen LogP contribution in [-0.4, -0.2) is 17.4 Å². The first kappa shape index (κ1) is 17.8. The molecule has 0 saturated heterocycles. The lowest BCUT2D eigenvalue weighted by Crippen LogP contribution is -2.40. The lowest BCUT2D eigenvalue weighted by atomic mass is 9.87. The van der Waals surface area contributed by atoms with Gasteiger partial charge in [-0.05, 0) is 53.3 Å². The second kappa shape index (κ2) is 7.58. The summed E-state index contributed by atoms with van der Waals surface area (Å²) < 4.78 is 0. The van der Waals surface area contributed by atoms with Crippen molar-refractivity contribution in [1.82, 2.24) is 4.90 Å². The molecule has 0 radical (unpaired) electrons. The Hall–Kier alpha value is -2.58. The molecule has 1 amide bonds. The number of benzene rings is 3. The zero-order valence-electron chi connectivity index (χ0n) is 15.4. The van der Waals surface area contributed by atoms with E-state index in [0.717, 1.165) is 29.5 Å². The summed E-state index contributed by atoms with van der Waals surface area (Å²) in [6.07, 6.45) is 1.82. The summed E-state index contributed by atoms with van der Waals surface area (Å²) in [5, 5.41) is 0.693. The van der Waals surface area contributed by atoms with E-state index >= 15 is 0 Å². The highest BCUT2D eigenvalue weighted by atomic mass is 35.5. The smallest absolute Gasteiger partial charge is 0.254 e. The third kappa shape index (κ3) is 3.38. The van der Waals surface area contributed by atoms with Gasteiger partial charge in [-0.15, -0.1) is 0 Å². The van der Waals surface area contributed by atoms with Gasteiger partial charge in [-0.2, -0.15) is 0 Å². The van der Waals surface area contributed by atoms with E-state index in [1.54, 1.807) is 0 Å². The summed E-state index contributed by atoms with van der Waals surface area (Å²) in [7, 11) is 0. The first-order valence-electron chi connectivity index (χ1n) is 9.41. The van der Waals surface area contributed by atoms with Gasteiger partial charge in [0, 0.05) is 17.1 Å². The Balaban J connectivity index is 1.78. The van der Waals surface area contributed by atoms with E-state index in [-0.39, 0.29) is 11.9 Å². The van der Waals surface area contributed by atoms with Crippen LogP contribution in [0.2, 0.25) is 5.02 Å². The molecule has 1 heterocycles. The third-order valence-corrected chi connectivity index (χ3v) is 5.70. The van der Waals surface area contributed by atoms with E-state index < -0.39 is 0 Å². The molecular formula is C24H22ClNO. The summed E-state index contributed by atoms with van der Waals surface area (Å²) in [5.41, 5.74) is 5.38. The van der Waals surface area contributed by atoms with Gasteiger partial charge in [-0.3, -0.25) is 4.79 Å². The molecule has 3 aromatic rings. The molecule has 0 bridgehead atoms. The summed E-state index contributed by atoms with van der Waals surface area (Å²) in [6.45, 7) is 2.80.